The zero-order chi connectivity index (χ0) is 19.7. The molecule has 2 unspecified atom stereocenters. The van der Waals surface area contributed by atoms with Gasteiger partial charge in [-0.2, -0.15) is 0 Å². The van der Waals surface area contributed by atoms with Gasteiger partial charge in [-0.25, -0.2) is 9.18 Å². The van der Waals surface area contributed by atoms with Crippen LogP contribution in [-0.4, -0.2) is 41.4 Å². The van der Waals surface area contributed by atoms with Crippen LogP contribution < -0.4 is 0 Å². The number of nitrogens with zero attached hydrogens (tertiary/aromatic N) is 1. The van der Waals surface area contributed by atoms with Crippen molar-refractivity contribution in [1.29, 1.82) is 0 Å². The first-order valence-electron chi connectivity index (χ1n) is 9.52. The lowest BCUT2D eigenvalue weighted by molar-refractivity contribution is -0.137. The Labute approximate surface area is 163 Å². The van der Waals surface area contributed by atoms with Gasteiger partial charge in [0.2, 0.25) is 0 Å². The highest BCUT2D eigenvalue weighted by molar-refractivity contribution is 5.69. The van der Waals surface area contributed by atoms with E-state index in [0.717, 1.165) is 11.1 Å². The SMILES string of the molecule is Cc1ccc(C2(O)CC3COCC(C2)N3C(=O)OCc2ccccc2)c(F)c1. The van der Waals surface area contributed by atoms with Crippen molar-refractivity contribution < 1.29 is 23.8 Å². The van der Waals surface area contributed by atoms with Crippen molar-refractivity contribution in [3.63, 3.8) is 0 Å². The standard InChI is InChI=1S/C22H24FNO4/c1-15-7-8-19(20(23)9-15)22(26)10-17-13-27-14-18(11-22)24(17)21(25)28-12-16-5-3-2-4-6-16/h2-9,17-18,26H,10-14H2,1H3. The van der Waals surface area contributed by atoms with Crippen LogP contribution in [-0.2, 0) is 21.7 Å². The van der Waals surface area contributed by atoms with E-state index in [-0.39, 0.29) is 37.1 Å². The van der Waals surface area contributed by atoms with Gasteiger partial charge in [0, 0.05) is 18.4 Å². The zero-order valence-corrected chi connectivity index (χ0v) is 15.8. The number of halogens is 1. The molecule has 0 saturated carbocycles. The fourth-order valence-corrected chi connectivity index (χ4v) is 4.29. The quantitative estimate of drug-likeness (QED) is 0.878. The maximum Gasteiger partial charge on any atom is 0.410 e. The molecule has 148 valence electrons. The minimum Gasteiger partial charge on any atom is -0.445 e. The molecule has 2 atom stereocenters. The average molecular weight is 385 g/mol. The van der Waals surface area contributed by atoms with Gasteiger partial charge in [0.1, 0.15) is 12.4 Å². The number of benzene rings is 2. The van der Waals surface area contributed by atoms with E-state index >= 15 is 0 Å². The summed E-state index contributed by atoms with van der Waals surface area (Å²) < 4.78 is 25.6. The zero-order valence-electron chi connectivity index (χ0n) is 15.8. The summed E-state index contributed by atoms with van der Waals surface area (Å²) >= 11 is 0. The van der Waals surface area contributed by atoms with Gasteiger partial charge in [-0.05, 0) is 24.1 Å². The normalized spacial score (nSPS) is 26.8. The third kappa shape index (κ3) is 3.62. The van der Waals surface area contributed by atoms with E-state index in [9.17, 15) is 14.3 Å². The molecule has 4 rings (SSSR count). The monoisotopic (exact) mass is 385 g/mol. The van der Waals surface area contributed by atoms with Crippen LogP contribution in [0.15, 0.2) is 48.5 Å². The van der Waals surface area contributed by atoms with E-state index in [1.165, 1.54) is 6.07 Å². The fourth-order valence-electron chi connectivity index (χ4n) is 4.29. The molecule has 2 aliphatic rings. The van der Waals surface area contributed by atoms with Crippen LogP contribution in [0.1, 0.15) is 29.5 Å². The Balaban J connectivity index is 1.51. The number of carbonyl (C=O) groups is 1. The number of ether oxygens (including phenoxy) is 2. The van der Waals surface area contributed by atoms with E-state index in [2.05, 4.69) is 0 Å². The molecule has 28 heavy (non-hydrogen) atoms. The number of morpholine rings is 1. The van der Waals surface area contributed by atoms with Crippen LogP contribution in [0, 0.1) is 12.7 Å². The fraction of sp³-hybridized carbons (Fsp3) is 0.409. The predicted molar refractivity (Wildman–Crippen MR) is 101 cm³/mol. The number of aryl methyl sites for hydroxylation is 1. The van der Waals surface area contributed by atoms with Gasteiger partial charge in [-0.1, -0.05) is 42.5 Å². The molecule has 1 amide bonds. The van der Waals surface area contributed by atoms with Crippen LogP contribution in [0.25, 0.3) is 0 Å². The molecule has 0 aromatic heterocycles. The summed E-state index contributed by atoms with van der Waals surface area (Å²) in [7, 11) is 0. The second-order valence-corrected chi connectivity index (χ2v) is 7.72. The summed E-state index contributed by atoms with van der Waals surface area (Å²) in [5.41, 5.74) is 0.669. The molecule has 2 aromatic carbocycles. The Kier molecular flexibility index (Phi) is 5.08. The smallest absolute Gasteiger partial charge is 0.410 e. The Morgan fingerprint density at radius 3 is 2.54 bits per heavy atom. The van der Waals surface area contributed by atoms with E-state index in [1.54, 1.807) is 17.0 Å². The summed E-state index contributed by atoms with van der Waals surface area (Å²) in [6, 6.07) is 13.6. The van der Waals surface area contributed by atoms with E-state index in [0.29, 0.717) is 13.2 Å². The van der Waals surface area contributed by atoms with Gasteiger partial charge in [0.15, 0.2) is 0 Å². The topological polar surface area (TPSA) is 59.0 Å². The minimum absolute atomic E-state index is 0.188. The molecule has 0 aliphatic carbocycles. The number of rotatable bonds is 3. The van der Waals surface area contributed by atoms with Crippen LogP contribution in [0.4, 0.5) is 9.18 Å². The van der Waals surface area contributed by atoms with E-state index < -0.39 is 17.5 Å². The van der Waals surface area contributed by atoms with Crippen molar-refractivity contribution in [3.05, 3.63) is 71.0 Å². The van der Waals surface area contributed by atoms with Gasteiger partial charge in [0.05, 0.1) is 30.9 Å². The molecule has 1 N–H and O–H groups in total. The van der Waals surface area contributed by atoms with Crippen LogP contribution in [0.2, 0.25) is 0 Å². The van der Waals surface area contributed by atoms with Crippen molar-refractivity contribution in [1.82, 2.24) is 4.90 Å². The Hall–Kier alpha value is -2.44. The Bertz CT molecular complexity index is 843. The molecular formula is C22H24FNO4. The van der Waals surface area contributed by atoms with Gasteiger partial charge in [0.25, 0.3) is 0 Å². The highest BCUT2D eigenvalue weighted by atomic mass is 19.1. The average Bonchev–Trinajstić information content (AvgIpc) is 2.66. The summed E-state index contributed by atoms with van der Waals surface area (Å²) in [5.74, 6) is -0.415. The summed E-state index contributed by atoms with van der Waals surface area (Å²) in [5, 5.41) is 11.3. The van der Waals surface area contributed by atoms with Crippen LogP contribution in [0.5, 0.6) is 0 Å². The van der Waals surface area contributed by atoms with E-state index in [4.69, 9.17) is 9.47 Å². The van der Waals surface area contributed by atoms with Crippen molar-refractivity contribution in [2.75, 3.05) is 13.2 Å². The summed E-state index contributed by atoms with van der Waals surface area (Å²) in [6.07, 6.45) is 0.00183. The molecule has 2 bridgehead atoms. The lowest BCUT2D eigenvalue weighted by atomic mass is 9.76. The predicted octanol–water partition coefficient (Wildman–Crippen LogP) is 3.52. The van der Waals surface area contributed by atoms with Crippen LogP contribution >= 0.6 is 0 Å². The van der Waals surface area contributed by atoms with Gasteiger partial charge in [-0.15, -0.1) is 0 Å². The van der Waals surface area contributed by atoms with Crippen LogP contribution in [0.3, 0.4) is 0 Å². The number of hydrogen-bond acceptors (Lipinski definition) is 4. The molecule has 0 spiro atoms. The number of carbonyl (C=O) groups excluding carboxylic acids is 1. The summed E-state index contributed by atoms with van der Waals surface area (Å²) in [6.45, 7) is 2.59. The maximum absolute atomic E-state index is 14.5. The second kappa shape index (κ2) is 7.53. The number of piperidine rings is 1. The summed E-state index contributed by atoms with van der Waals surface area (Å²) in [4.78, 5) is 14.4. The first-order chi connectivity index (χ1) is 13.5. The van der Waals surface area contributed by atoms with Crippen molar-refractivity contribution in [2.45, 2.75) is 44.1 Å². The minimum atomic E-state index is -1.33. The first kappa shape index (κ1) is 18.9. The Morgan fingerprint density at radius 1 is 1.21 bits per heavy atom. The molecule has 2 aromatic rings. The second-order valence-electron chi connectivity index (χ2n) is 7.72. The molecule has 6 heteroatoms. The Morgan fingerprint density at radius 2 is 1.89 bits per heavy atom. The maximum atomic E-state index is 14.5. The number of fused-ring (bicyclic) bond motifs is 2. The highest BCUT2D eigenvalue weighted by Crippen LogP contribution is 2.42. The van der Waals surface area contributed by atoms with Gasteiger partial charge >= 0.3 is 6.09 Å². The van der Waals surface area contributed by atoms with Gasteiger partial charge < -0.3 is 14.6 Å². The van der Waals surface area contributed by atoms with Crippen molar-refractivity contribution >= 4 is 6.09 Å². The van der Waals surface area contributed by atoms with E-state index in [1.807, 2.05) is 37.3 Å². The number of aliphatic hydroxyl groups is 1. The lowest BCUT2D eigenvalue weighted by Gasteiger charge is -2.51. The first-order valence-corrected chi connectivity index (χ1v) is 9.52. The molecule has 2 heterocycles. The third-order valence-corrected chi connectivity index (χ3v) is 5.60. The molecule has 2 fully saturated rings. The molecule has 2 saturated heterocycles. The number of hydrogen-bond donors (Lipinski definition) is 1. The highest BCUT2D eigenvalue weighted by Gasteiger charge is 2.50. The largest absolute Gasteiger partial charge is 0.445 e. The third-order valence-electron chi connectivity index (χ3n) is 5.60. The van der Waals surface area contributed by atoms with Crippen molar-refractivity contribution in [3.8, 4) is 0 Å². The van der Waals surface area contributed by atoms with Crippen molar-refractivity contribution in [2.24, 2.45) is 0 Å². The molecule has 2 aliphatic heterocycles. The molecule has 0 radical (unpaired) electrons. The number of amides is 1. The van der Waals surface area contributed by atoms with Gasteiger partial charge in [-0.3, -0.25) is 4.90 Å². The lowest BCUT2D eigenvalue weighted by Crippen LogP contribution is -2.62. The molecule has 5 nitrogen and oxygen atoms in total. The molecular weight excluding hydrogens is 361 g/mol.